The van der Waals surface area contributed by atoms with Crippen molar-refractivity contribution < 1.29 is 14.3 Å². The van der Waals surface area contributed by atoms with E-state index in [2.05, 4.69) is 49.8 Å². The molecule has 2 aromatic rings. The molecule has 6 heteroatoms. The number of carbonyl (C=O) groups is 1. The first kappa shape index (κ1) is 19.4. The Morgan fingerprint density at radius 1 is 1.37 bits per heavy atom. The molecule has 0 amide bonds. The van der Waals surface area contributed by atoms with Crippen molar-refractivity contribution in [3.63, 3.8) is 0 Å². The van der Waals surface area contributed by atoms with Gasteiger partial charge in [-0.1, -0.05) is 6.07 Å². The van der Waals surface area contributed by atoms with Gasteiger partial charge >= 0.3 is 0 Å². The summed E-state index contributed by atoms with van der Waals surface area (Å²) in [6.45, 7) is 12.5. The van der Waals surface area contributed by atoms with Crippen LogP contribution in [0, 0.1) is 0 Å². The number of anilines is 1. The number of nitrogens with one attached hydrogen (secondary N) is 1. The van der Waals surface area contributed by atoms with Crippen molar-refractivity contribution in [2.75, 3.05) is 11.9 Å². The second-order valence-corrected chi connectivity index (χ2v) is 8.87. The largest absolute Gasteiger partial charge is 0.490 e. The number of likely N-dealkylation sites (tertiary alicyclic amines) is 1. The summed E-state index contributed by atoms with van der Waals surface area (Å²) >= 11 is 0. The average Bonchev–Trinajstić information content (AvgIpc) is 2.94. The van der Waals surface area contributed by atoms with E-state index in [0.717, 1.165) is 30.6 Å². The summed E-state index contributed by atoms with van der Waals surface area (Å²) in [7, 11) is 0. The van der Waals surface area contributed by atoms with Crippen LogP contribution in [0.3, 0.4) is 0 Å². The van der Waals surface area contributed by atoms with Gasteiger partial charge in [0, 0.05) is 34.9 Å². The molecule has 3 rings (SSSR count). The van der Waals surface area contributed by atoms with Crippen LogP contribution in [0.15, 0.2) is 28.7 Å². The SMILES string of the molecule is CC(C)(C)N1CCC(Nc2cccc(-c3nc(O)c(C=O)o3)c2)CC1(C)C. The Bertz CT molecular complexity index is 820. The van der Waals surface area contributed by atoms with E-state index in [9.17, 15) is 9.90 Å². The highest BCUT2D eigenvalue weighted by atomic mass is 16.4. The predicted molar refractivity (Wildman–Crippen MR) is 106 cm³/mol. The molecule has 27 heavy (non-hydrogen) atoms. The van der Waals surface area contributed by atoms with E-state index in [1.807, 2.05) is 24.3 Å². The molecule has 0 saturated carbocycles. The third-order valence-corrected chi connectivity index (χ3v) is 5.21. The van der Waals surface area contributed by atoms with Gasteiger partial charge in [-0.2, -0.15) is 4.98 Å². The zero-order chi connectivity index (χ0) is 19.8. The van der Waals surface area contributed by atoms with Crippen LogP contribution in [-0.4, -0.2) is 44.9 Å². The molecule has 0 spiro atoms. The minimum Gasteiger partial charge on any atom is -0.490 e. The number of nitrogens with zero attached hydrogens (tertiary/aromatic N) is 2. The molecule has 0 aliphatic carbocycles. The lowest BCUT2D eigenvalue weighted by Crippen LogP contribution is -2.59. The molecule has 2 N–H and O–H groups in total. The van der Waals surface area contributed by atoms with Gasteiger partial charge in [0.05, 0.1) is 0 Å². The molecule has 146 valence electrons. The fourth-order valence-corrected chi connectivity index (χ4v) is 4.27. The van der Waals surface area contributed by atoms with E-state index < -0.39 is 0 Å². The molecule has 1 fully saturated rings. The number of aldehydes is 1. The minimum atomic E-state index is -0.380. The topological polar surface area (TPSA) is 78.6 Å². The van der Waals surface area contributed by atoms with Gasteiger partial charge < -0.3 is 14.8 Å². The number of carbonyl (C=O) groups excluding carboxylic acids is 1. The van der Waals surface area contributed by atoms with Crippen LogP contribution in [0.4, 0.5) is 5.69 Å². The zero-order valence-electron chi connectivity index (χ0n) is 16.7. The number of oxazole rings is 1. The highest BCUT2D eigenvalue weighted by molar-refractivity contribution is 5.75. The number of piperidine rings is 1. The van der Waals surface area contributed by atoms with E-state index in [1.54, 1.807) is 0 Å². The molecule has 1 aliphatic rings. The second kappa shape index (κ2) is 7.00. The van der Waals surface area contributed by atoms with Gasteiger partial charge in [-0.05, 0) is 65.7 Å². The summed E-state index contributed by atoms with van der Waals surface area (Å²) in [5.41, 5.74) is 1.95. The molecule has 1 aliphatic heterocycles. The number of hydrogen-bond acceptors (Lipinski definition) is 6. The van der Waals surface area contributed by atoms with Crippen LogP contribution in [0.1, 0.15) is 58.0 Å². The van der Waals surface area contributed by atoms with Crippen LogP contribution in [0.25, 0.3) is 11.5 Å². The maximum Gasteiger partial charge on any atom is 0.262 e. The van der Waals surface area contributed by atoms with Crippen molar-refractivity contribution in [3.8, 4) is 17.3 Å². The number of aromatic hydroxyl groups is 1. The third-order valence-electron chi connectivity index (χ3n) is 5.21. The van der Waals surface area contributed by atoms with Crippen LogP contribution in [0.5, 0.6) is 5.88 Å². The molecule has 1 unspecified atom stereocenters. The van der Waals surface area contributed by atoms with E-state index in [4.69, 9.17) is 4.42 Å². The van der Waals surface area contributed by atoms with Gasteiger partial charge in [-0.3, -0.25) is 9.69 Å². The van der Waals surface area contributed by atoms with Crippen LogP contribution >= 0.6 is 0 Å². The van der Waals surface area contributed by atoms with Crippen molar-refractivity contribution in [1.29, 1.82) is 0 Å². The Labute approximate surface area is 160 Å². The first-order chi connectivity index (χ1) is 12.6. The van der Waals surface area contributed by atoms with Crippen molar-refractivity contribution in [2.45, 2.75) is 64.6 Å². The minimum absolute atomic E-state index is 0.110. The van der Waals surface area contributed by atoms with E-state index in [0.29, 0.717) is 12.3 Å². The summed E-state index contributed by atoms with van der Waals surface area (Å²) < 4.78 is 5.32. The quantitative estimate of drug-likeness (QED) is 0.780. The lowest BCUT2D eigenvalue weighted by atomic mass is 9.83. The Balaban J connectivity index is 1.74. The van der Waals surface area contributed by atoms with Crippen LogP contribution in [0.2, 0.25) is 0 Å². The van der Waals surface area contributed by atoms with Crippen LogP contribution in [-0.2, 0) is 0 Å². The molecule has 1 atom stereocenters. The normalized spacial score (nSPS) is 20.4. The highest BCUT2D eigenvalue weighted by Crippen LogP contribution is 2.35. The van der Waals surface area contributed by atoms with E-state index >= 15 is 0 Å². The van der Waals surface area contributed by atoms with Crippen LogP contribution < -0.4 is 5.32 Å². The van der Waals surface area contributed by atoms with Gasteiger partial charge in [0.2, 0.25) is 11.7 Å². The lowest BCUT2D eigenvalue weighted by molar-refractivity contribution is -0.00648. The average molecular weight is 371 g/mol. The molecule has 0 radical (unpaired) electrons. The monoisotopic (exact) mass is 371 g/mol. The lowest BCUT2D eigenvalue weighted by Gasteiger charge is -2.52. The summed E-state index contributed by atoms with van der Waals surface area (Å²) in [5, 5.41) is 13.2. The van der Waals surface area contributed by atoms with Crippen molar-refractivity contribution in [1.82, 2.24) is 9.88 Å². The van der Waals surface area contributed by atoms with E-state index in [1.165, 1.54) is 0 Å². The molecule has 1 saturated heterocycles. The van der Waals surface area contributed by atoms with Gasteiger partial charge in [-0.25, -0.2) is 0 Å². The maximum atomic E-state index is 10.8. The van der Waals surface area contributed by atoms with Gasteiger partial charge in [-0.15, -0.1) is 0 Å². The number of benzene rings is 1. The van der Waals surface area contributed by atoms with Crippen molar-refractivity contribution >= 4 is 12.0 Å². The van der Waals surface area contributed by atoms with Gasteiger partial charge in [0.25, 0.3) is 5.88 Å². The predicted octanol–water partition coefficient (Wildman–Crippen LogP) is 4.31. The Kier molecular flexibility index (Phi) is 5.04. The molecule has 1 aromatic carbocycles. The molecule has 1 aromatic heterocycles. The molecule has 6 nitrogen and oxygen atoms in total. The molecular weight excluding hydrogens is 342 g/mol. The fourth-order valence-electron chi connectivity index (χ4n) is 4.27. The number of hydrogen-bond donors (Lipinski definition) is 2. The van der Waals surface area contributed by atoms with Gasteiger partial charge in [0.15, 0.2) is 6.29 Å². The smallest absolute Gasteiger partial charge is 0.262 e. The third kappa shape index (κ3) is 4.16. The van der Waals surface area contributed by atoms with Crippen molar-refractivity contribution in [2.24, 2.45) is 0 Å². The summed E-state index contributed by atoms with van der Waals surface area (Å²) in [4.78, 5) is 17.3. The van der Waals surface area contributed by atoms with E-state index in [-0.39, 0.29) is 28.6 Å². The second-order valence-electron chi connectivity index (χ2n) is 8.87. The summed E-state index contributed by atoms with van der Waals surface area (Å²) in [5.74, 6) is -0.296. The number of rotatable bonds is 4. The summed E-state index contributed by atoms with van der Waals surface area (Å²) in [6, 6.07) is 8.07. The molecule has 0 bridgehead atoms. The highest BCUT2D eigenvalue weighted by Gasteiger charge is 2.40. The zero-order valence-corrected chi connectivity index (χ0v) is 16.7. The standard InChI is InChI=1S/C21H29N3O3/c1-20(2,3)24-10-9-16(12-21(24,4)5)22-15-8-6-7-14(11-15)19-23-18(26)17(13-25)27-19/h6-8,11,13,16,22,26H,9-10,12H2,1-5H3. The summed E-state index contributed by atoms with van der Waals surface area (Å²) in [6.07, 6.45) is 2.57. The molecular formula is C21H29N3O3. The molecule has 2 heterocycles. The number of aromatic nitrogens is 1. The Morgan fingerprint density at radius 2 is 2.11 bits per heavy atom. The Morgan fingerprint density at radius 3 is 2.70 bits per heavy atom. The maximum absolute atomic E-state index is 10.8. The Hall–Kier alpha value is -2.34. The van der Waals surface area contributed by atoms with Gasteiger partial charge in [0.1, 0.15) is 0 Å². The fraction of sp³-hybridized carbons (Fsp3) is 0.524. The first-order valence-corrected chi connectivity index (χ1v) is 9.40. The van der Waals surface area contributed by atoms with Crippen molar-refractivity contribution in [3.05, 3.63) is 30.0 Å². The first-order valence-electron chi connectivity index (χ1n) is 9.40.